The molecule has 1 heterocycles. The van der Waals surface area contributed by atoms with Crippen LogP contribution in [-0.2, 0) is 7.05 Å². The lowest BCUT2D eigenvalue weighted by Gasteiger charge is -2.28. The van der Waals surface area contributed by atoms with E-state index >= 15 is 0 Å². The molecule has 104 valence electrons. The number of benzene rings is 1. The third-order valence-electron chi connectivity index (χ3n) is 4.86. The minimum atomic E-state index is 0.689. The average molecular weight is 266 g/mol. The molecule has 0 amide bonds. The fourth-order valence-corrected chi connectivity index (χ4v) is 3.49. The Morgan fingerprint density at radius 2 is 1.65 bits per heavy atom. The number of aromatic nitrogens is 1. The van der Waals surface area contributed by atoms with Gasteiger partial charge in [0.15, 0.2) is 6.20 Å². The normalized spacial score (nSPS) is 21.6. The minimum Gasteiger partial charge on any atom is -0.201 e. The Morgan fingerprint density at radius 1 is 1.00 bits per heavy atom. The molecule has 20 heavy (non-hydrogen) atoms. The molecule has 2 aromatic rings. The molecule has 0 N–H and O–H groups in total. The molecule has 2 atom stereocenters. The quantitative estimate of drug-likeness (QED) is 0.670. The summed E-state index contributed by atoms with van der Waals surface area (Å²) < 4.78 is 2.21. The van der Waals surface area contributed by atoms with Crippen LogP contribution in [0.1, 0.15) is 55.2 Å². The third-order valence-corrected chi connectivity index (χ3v) is 4.86. The van der Waals surface area contributed by atoms with Gasteiger partial charge in [-0.1, -0.05) is 19.9 Å². The van der Waals surface area contributed by atoms with Crippen molar-refractivity contribution in [1.29, 1.82) is 0 Å². The van der Waals surface area contributed by atoms with Gasteiger partial charge in [0.1, 0.15) is 7.05 Å². The van der Waals surface area contributed by atoms with E-state index in [0.29, 0.717) is 11.8 Å². The molecule has 0 fully saturated rings. The molecular formula is C19H24N+. The summed E-state index contributed by atoms with van der Waals surface area (Å²) in [6.45, 7) is 6.98. The van der Waals surface area contributed by atoms with E-state index in [1.807, 2.05) is 0 Å². The van der Waals surface area contributed by atoms with Crippen LogP contribution < -0.4 is 4.57 Å². The second-order valence-corrected chi connectivity index (χ2v) is 6.37. The Labute approximate surface area is 122 Å². The molecule has 1 aromatic carbocycles. The maximum Gasteiger partial charge on any atom is 0.212 e. The molecule has 2 unspecified atom stereocenters. The predicted octanol–water partition coefficient (Wildman–Crippen LogP) is 4.49. The minimum absolute atomic E-state index is 0.689. The zero-order valence-corrected chi connectivity index (χ0v) is 13.0. The number of nitrogens with zero attached hydrogens (tertiary/aromatic N) is 1. The highest BCUT2D eigenvalue weighted by Crippen LogP contribution is 2.40. The zero-order chi connectivity index (χ0) is 14.3. The van der Waals surface area contributed by atoms with E-state index < -0.39 is 0 Å². The Kier molecular flexibility index (Phi) is 3.37. The first-order chi connectivity index (χ1) is 9.58. The number of aryl methyl sites for hydroxylation is 2. The fraction of sp³-hybridized carbons (Fsp3) is 0.421. The zero-order valence-electron chi connectivity index (χ0n) is 13.0. The van der Waals surface area contributed by atoms with Crippen molar-refractivity contribution in [3.63, 3.8) is 0 Å². The van der Waals surface area contributed by atoms with Gasteiger partial charge in [-0.2, -0.15) is 0 Å². The fourth-order valence-electron chi connectivity index (χ4n) is 3.49. The van der Waals surface area contributed by atoms with Crippen molar-refractivity contribution in [2.24, 2.45) is 7.05 Å². The smallest absolute Gasteiger partial charge is 0.201 e. The van der Waals surface area contributed by atoms with Crippen LogP contribution in [0.25, 0.3) is 11.3 Å². The summed E-state index contributed by atoms with van der Waals surface area (Å²) in [4.78, 5) is 0. The Balaban J connectivity index is 2.19. The van der Waals surface area contributed by atoms with Gasteiger partial charge in [-0.05, 0) is 60.4 Å². The van der Waals surface area contributed by atoms with Crippen molar-refractivity contribution >= 4 is 0 Å². The highest BCUT2D eigenvalue weighted by Gasteiger charge is 2.24. The van der Waals surface area contributed by atoms with E-state index in [4.69, 9.17) is 0 Å². The number of fused-ring (bicyclic) bond motifs is 1. The Morgan fingerprint density at radius 3 is 2.30 bits per heavy atom. The topological polar surface area (TPSA) is 3.88 Å². The van der Waals surface area contributed by atoms with Crippen LogP contribution in [0.4, 0.5) is 0 Å². The van der Waals surface area contributed by atoms with Crippen LogP contribution in [-0.4, -0.2) is 0 Å². The van der Waals surface area contributed by atoms with E-state index in [2.05, 4.69) is 68.9 Å². The summed E-state index contributed by atoms with van der Waals surface area (Å²) in [6, 6.07) is 11.3. The number of hydrogen-bond donors (Lipinski definition) is 0. The van der Waals surface area contributed by atoms with Crippen molar-refractivity contribution in [3.8, 4) is 11.3 Å². The highest BCUT2D eigenvalue weighted by atomic mass is 14.9. The van der Waals surface area contributed by atoms with E-state index in [9.17, 15) is 0 Å². The van der Waals surface area contributed by atoms with E-state index in [1.165, 1.54) is 29.7 Å². The van der Waals surface area contributed by atoms with Crippen LogP contribution in [0, 0.1) is 6.92 Å². The lowest BCUT2D eigenvalue weighted by Crippen LogP contribution is -2.30. The van der Waals surface area contributed by atoms with Crippen LogP contribution in [0.15, 0.2) is 36.5 Å². The predicted molar refractivity (Wildman–Crippen MR) is 83.9 cm³/mol. The van der Waals surface area contributed by atoms with E-state index in [-0.39, 0.29) is 0 Å². The van der Waals surface area contributed by atoms with Crippen LogP contribution >= 0.6 is 0 Å². The number of rotatable bonds is 1. The first-order valence-electron chi connectivity index (χ1n) is 7.67. The lowest BCUT2D eigenvalue weighted by molar-refractivity contribution is -0.660. The van der Waals surface area contributed by atoms with Gasteiger partial charge in [0.25, 0.3) is 0 Å². The molecule has 1 aliphatic carbocycles. The van der Waals surface area contributed by atoms with Crippen molar-refractivity contribution in [2.75, 3.05) is 0 Å². The maximum atomic E-state index is 2.44. The number of pyridine rings is 1. The third kappa shape index (κ3) is 2.15. The molecule has 0 spiro atoms. The van der Waals surface area contributed by atoms with Gasteiger partial charge in [-0.25, -0.2) is 4.57 Å². The standard InChI is InChI=1S/C19H24N/c1-13-8-9-14(2)17-12-18(15(3)11-16(13)17)19-7-5-6-10-20(19)4/h5-7,10-14H,8-9H2,1-4H3/q+1. The molecule has 0 bridgehead atoms. The monoisotopic (exact) mass is 266 g/mol. The van der Waals surface area contributed by atoms with Crippen LogP contribution in [0.5, 0.6) is 0 Å². The second-order valence-electron chi connectivity index (χ2n) is 6.37. The Bertz CT molecular complexity index is 642. The molecule has 0 aliphatic heterocycles. The van der Waals surface area contributed by atoms with Crippen LogP contribution in [0.2, 0.25) is 0 Å². The Hall–Kier alpha value is -1.63. The molecule has 1 aliphatic rings. The summed E-state index contributed by atoms with van der Waals surface area (Å²) in [5, 5.41) is 0. The summed E-state index contributed by atoms with van der Waals surface area (Å²) in [5.74, 6) is 1.40. The van der Waals surface area contributed by atoms with Crippen molar-refractivity contribution in [1.82, 2.24) is 0 Å². The van der Waals surface area contributed by atoms with E-state index in [1.54, 1.807) is 11.1 Å². The van der Waals surface area contributed by atoms with Crippen molar-refractivity contribution in [3.05, 3.63) is 53.2 Å². The van der Waals surface area contributed by atoms with Crippen LogP contribution in [0.3, 0.4) is 0 Å². The summed E-state index contributed by atoms with van der Waals surface area (Å²) >= 11 is 0. The largest absolute Gasteiger partial charge is 0.212 e. The van der Waals surface area contributed by atoms with Gasteiger partial charge >= 0.3 is 0 Å². The molecule has 1 aromatic heterocycles. The van der Waals surface area contributed by atoms with E-state index in [0.717, 1.165) is 0 Å². The molecule has 0 saturated heterocycles. The molecule has 1 heteroatoms. The lowest BCUT2D eigenvalue weighted by atomic mass is 9.76. The summed E-state index contributed by atoms with van der Waals surface area (Å²) in [5.41, 5.74) is 7.22. The van der Waals surface area contributed by atoms with Gasteiger partial charge in [0, 0.05) is 17.7 Å². The van der Waals surface area contributed by atoms with Gasteiger partial charge < -0.3 is 0 Å². The van der Waals surface area contributed by atoms with Gasteiger partial charge in [0.05, 0.1) is 0 Å². The first-order valence-corrected chi connectivity index (χ1v) is 7.67. The first kappa shape index (κ1) is 13.4. The highest BCUT2D eigenvalue weighted by molar-refractivity contribution is 5.64. The molecular weight excluding hydrogens is 242 g/mol. The molecule has 3 rings (SSSR count). The average Bonchev–Trinajstić information content (AvgIpc) is 2.44. The maximum absolute atomic E-state index is 2.44. The van der Waals surface area contributed by atoms with Crippen molar-refractivity contribution < 1.29 is 4.57 Å². The summed E-state index contributed by atoms with van der Waals surface area (Å²) in [7, 11) is 2.13. The van der Waals surface area contributed by atoms with Crippen molar-refractivity contribution in [2.45, 2.75) is 45.4 Å². The van der Waals surface area contributed by atoms with Gasteiger partial charge in [0.2, 0.25) is 5.69 Å². The van der Waals surface area contributed by atoms with Gasteiger partial charge in [-0.15, -0.1) is 0 Å². The molecule has 0 radical (unpaired) electrons. The number of hydrogen-bond acceptors (Lipinski definition) is 0. The molecule has 1 nitrogen and oxygen atoms in total. The second kappa shape index (κ2) is 5.05. The summed E-state index contributed by atoms with van der Waals surface area (Å²) in [6.07, 6.45) is 4.77. The molecule has 0 saturated carbocycles. The SMILES string of the molecule is Cc1cc2c(cc1-c1cccc[n+]1C)C(C)CCC2C. The van der Waals surface area contributed by atoms with Gasteiger partial charge in [-0.3, -0.25) is 0 Å².